The molecule has 0 saturated carbocycles. The molecule has 7 nitrogen and oxygen atoms in total. The van der Waals surface area contributed by atoms with Crippen molar-refractivity contribution in [2.24, 2.45) is 0 Å². The van der Waals surface area contributed by atoms with Gasteiger partial charge in [0, 0.05) is 37.4 Å². The molecule has 2 amide bonds. The Balaban J connectivity index is 1.85. The predicted octanol–water partition coefficient (Wildman–Crippen LogP) is 2.12. The van der Waals surface area contributed by atoms with Crippen LogP contribution < -0.4 is 10.5 Å². The van der Waals surface area contributed by atoms with Crippen molar-refractivity contribution >= 4 is 17.7 Å². The van der Waals surface area contributed by atoms with E-state index in [0.717, 1.165) is 0 Å². The summed E-state index contributed by atoms with van der Waals surface area (Å²) in [5.74, 6) is 0.451. The molecule has 2 rings (SSSR count). The highest BCUT2D eigenvalue weighted by atomic mass is 16.6. The maximum Gasteiger partial charge on any atom is 0.410 e. The van der Waals surface area contributed by atoms with Gasteiger partial charge in [0.25, 0.3) is 5.91 Å². The first-order chi connectivity index (χ1) is 11.7. The quantitative estimate of drug-likeness (QED) is 0.845. The van der Waals surface area contributed by atoms with Gasteiger partial charge in [-0.05, 0) is 39.8 Å². The second-order valence-electron chi connectivity index (χ2n) is 7.22. The number of piperazine rings is 1. The van der Waals surface area contributed by atoms with Crippen molar-refractivity contribution in [3.63, 3.8) is 0 Å². The zero-order valence-corrected chi connectivity index (χ0v) is 15.3. The molecule has 138 valence electrons. The number of hydrogen-bond acceptors (Lipinski definition) is 5. The zero-order valence-electron chi connectivity index (χ0n) is 15.3. The Morgan fingerprint density at radius 1 is 1.28 bits per heavy atom. The van der Waals surface area contributed by atoms with E-state index in [1.165, 1.54) is 0 Å². The first-order valence-corrected chi connectivity index (χ1v) is 8.41. The van der Waals surface area contributed by atoms with Crippen LogP contribution in [-0.4, -0.2) is 59.7 Å². The summed E-state index contributed by atoms with van der Waals surface area (Å²) in [5, 5.41) is 0. The summed E-state index contributed by atoms with van der Waals surface area (Å²) in [6.07, 6.45) is -0.344. The van der Waals surface area contributed by atoms with Crippen LogP contribution in [0.4, 0.5) is 10.5 Å². The standard InChI is InChI=1S/C18H27N3O4/c1-13-11-20(8-9-21(13)17(23)25-18(2,3)4)16(22)12-24-15-7-5-6-14(19)10-15/h5-7,10,13H,8-9,11-12,19H2,1-4H3/t13-/m1/s1. The number of carbonyl (C=O) groups excluding carboxylic acids is 2. The van der Waals surface area contributed by atoms with Crippen molar-refractivity contribution in [3.8, 4) is 5.75 Å². The van der Waals surface area contributed by atoms with Gasteiger partial charge in [0.1, 0.15) is 11.4 Å². The Morgan fingerprint density at radius 2 is 2.00 bits per heavy atom. The zero-order chi connectivity index (χ0) is 18.6. The third-order valence-electron chi connectivity index (χ3n) is 3.83. The summed E-state index contributed by atoms with van der Waals surface area (Å²) in [6, 6.07) is 6.85. The third kappa shape index (κ3) is 5.55. The van der Waals surface area contributed by atoms with Gasteiger partial charge in [0.15, 0.2) is 6.61 Å². The molecule has 0 spiro atoms. The van der Waals surface area contributed by atoms with E-state index in [-0.39, 0.29) is 24.6 Å². The van der Waals surface area contributed by atoms with Gasteiger partial charge in [-0.15, -0.1) is 0 Å². The van der Waals surface area contributed by atoms with E-state index in [0.29, 0.717) is 31.1 Å². The number of rotatable bonds is 3. The molecule has 0 bridgehead atoms. The number of nitrogen functional groups attached to an aromatic ring is 1. The minimum absolute atomic E-state index is 0.0530. The van der Waals surface area contributed by atoms with Crippen LogP contribution in [0.15, 0.2) is 24.3 Å². The molecule has 1 heterocycles. The van der Waals surface area contributed by atoms with Crippen LogP contribution >= 0.6 is 0 Å². The Hall–Kier alpha value is -2.44. The fourth-order valence-corrected chi connectivity index (χ4v) is 2.62. The SMILES string of the molecule is C[C@@H]1CN(C(=O)COc2cccc(N)c2)CCN1C(=O)OC(C)(C)C. The molecule has 1 fully saturated rings. The Morgan fingerprint density at radius 3 is 2.60 bits per heavy atom. The molecule has 1 aromatic rings. The lowest BCUT2D eigenvalue weighted by Crippen LogP contribution is -2.56. The van der Waals surface area contributed by atoms with E-state index in [4.69, 9.17) is 15.2 Å². The molecule has 25 heavy (non-hydrogen) atoms. The first-order valence-electron chi connectivity index (χ1n) is 8.41. The summed E-state index contributed by atoms with van der Waals surface area (Å²) in [4.78, 5) is 27.9. The largest absolute Gasteiger partial charge is 0.484 e. The Kier molecular flexibility index (Phi) is 5.77. The third-order valence-corrected chi connectivity index (χ3v) is 3.83. The van der Waals surface area contributed by atoms with Crippen LogP contribution in [0.2, 0.25) is 0 Å². The van der Waals surface area contributed by atoms with Crippen LogP contribution in [0, 0.1) is 0 Å². The average molecular weight is 349 g/mol. The summed E-state index contributed by atoms with van der Waals surface area (Å²) in [6.45, 7) is 8.72. The second kappa shape index (κ2) is 7.63. The lowest BCUT2D eigenvalue weighted by Gasteiger charge is -2.40. The highest BCUT2D eigenvalue weighted by Crippen LogP contribution is 2.17. The van der Waals surface area contributed by atoms with E-state index in [2.05, 4.69) is 0 Å². The van der Waals surface area contributed by atoms with Gasteiger partial charge >= 0.3 is 6.09 Å². The van der Waals surface area contributed by atoms with E-state index in [1.54, 1.807) is 34.1 Å². The molecule has 1 atom stereocenters. The molecule has 1 aromatic carbocycles. The molecule has 2 N–H and O–H groups in total. The maximum atomic E-state index is 12.3. The van der Waals surface area contributed by atoms with Crippen molar-refractivity contribution in [2.45, 2.75) is 39.3 Å². The number of nitrogens with two attached hydrogens (primary N) is 1. The minimum Gasteiger partial charge on any atom is -0.484 e. The van der Waals surface area contributed by atoms with Gasteiger partial charge in [0.05, 0.1) is 0 Å². The number of hydrogen-bond donors (Lipinski definition) is 1. The lowest BCUT2D eigenvalue weighted by atomic mass is 10.2. The number of anilines is 1. The van der Waals surface area contributed by atoms with Crippen molar-refractivity contribution < 1.29 is 19.1 Å². The minimum atomic E-state index is -0.533. The molecule has 1 aliphatic heterocycles. The van der Waals surface area contributed by atoms with Crippen LogP contribution in [0.25, 0.3) is 0 Å². The fourth-order valence-electron chi connectivity index (χ4n) is 2.62. The number of ether oxygens (including phenoxy) is 2. The number of nitrogens with zero attached hydrogens (tertiary/aromatic N) is 2. The van der Waals surface area contributed by atoms with E-state index >= 15 is 0 Å². The Labute approximate surface area is 148 Å². The Bertz CT molecular complexity index is 627. The smallest absolute Gasteiger partial charge is 0.410 e. The number of carbonyl (C=O) groups is 2. The molecule has 0 aromatic heterocycles. The summed E-state index contributed by atoms with van der Waals surface area (Å²) in [7, 11) is 0. The van der Waals surface area contributed by atoms with Crippen molar-refractivity contribution in [3.05, 3.63) is 24.3 Å². The fraction of sp³-hybridized carbons (Fsp3) is 0.556. The van der Waals surface area contributed by atoms with E-state index < -0.39 is 5.60 Å². The van der Waals surface area contributed by atoms with Gasteiger partial charge in [-0.1, -0.05) is 6.07 Å². The lowest BCUT2D eigenvalue weighted by molar-refractivity contribution is -0.136. The molecule has 0 unspecified atom stereocenters. The maximum absolute atomic E-state index is 12.3. The van der Waals surface area contributed by atoms with Crippen LogP contribution in [0.5, 0.6) is 5.75 Å². The second-order valence-corrected chi connectivity index (χ2v) is 7.22. The number of benzene rings is 1. The van der Waals surface area contributed by atoms with E-state index in [9.17, 15) is 9.59 Å². The van der Waals surface area contributed by atoms with Gasteiger partial charge in [-0.25, -0.2) is 4.79 Å². The summed E-state index contributed by atoms with van der Waals surface area (Å²) in [5.41, 5.74) is 5.74. The highest BCUT2D eigenvalue weighted by Gasteiger charge is 2.32. The van der Waals surface area contributed by atoms with Crippen LogP contribution in [0.3, 0.4) is 0 Å². The van der Waals surface area contributed by atoms with Crippen molar-refractivity contribution in [1.29, 1.82) is 0 Å². The first kappa shape index (κ1) is 18.9. The van der Waals surface area contributed by atoms with Crippen LogP contribution in [-0.2, 0) is 9.53 Å². The van der Waals surface area contributed by atoms with Gasteiger partial charge < -0.3 is 25.0 Å². The van der Waals surface area contributed by atoms with Gasteiger partial charge in [0.2, 0.25) is 0 Å². The predicted molar refractivity (Wildman–Crippen MR) is 95.3 cm³/mol. The summed E-state index contributed by atoms with van der Waals surface area (Å²) >= 11 is 0. The van der Waals surface area contributed by atoms with E-state index in [1.807, 2.05) is 27.7 Å². The molecule has 1 aliphatic rings. The molecule has 1 saturated heterocycles. The normalized spacial score (nSPS) is 18.0. The van der Waals surface area contributed by atoms with Crippen molar-refractivity contribution in [1.82, 2.24) is 9.80 Å². The number of amides is 2. The summed E-state index contributed by atoms with van der Waals surface area (Å²) < 4.78 is 10.9. The topological polar surface area (TPSA) is 85.1 Å². The van der Waals surface area contributed by atoms with Gasteiger partial charge in [-0.2, -0.15) is 0 Å². The molecule has 0 radical (unpaired) electrons. The average Bonchev–Trinajstić information content (AvgIpc) is 2.50. The molecular weight excluding hydrogens is 322 g/mol. The highest BCUT2D eigenvalue weighted by molar-refractivity contribution is 5.78. The molecular formula is C18H27N3O4. The monoisotopic (exact) mass is 349 g/mol. The van der Waals surface area contributed by atoms with Crippen LogP contribution in [0.1, 0.15) is 27.7 Å². The van der Waals surface area contributed by atoms with Crippen molar-refractivity contribution in [2.75, 3.05) is 32.0 Å². The molecule has 0 aliphatic carbocycles. The van der Waals surface area contributed by atoms with Gasteiger partial charge in [-0.3, -0.25) is 4.79 Å². The molecule has 7 heteroatoms.